The van der Waals surface area contributed by atoms with E-state index in [1.165, 1.54) is 6.42 Å². The highest BCUT2D eigenvalue weighted by Gasteiger charge is 2.63. The van der Waals surface area contributed by atoms with Crippen LogP contribution in [0.5, 0.6) is 0 Å². The van der Waals surface area contributed by atoms with Crippen molar-refractivity contribution in [2.24, 2.45) is 16.7 Å². The summed E-state index contributed by atoms with van der Waals surface area (Å²) in [6.45, 7) is 6.61. The van der Waals surface area contributed by atoms with E-state index in [1.54, 1.807) is 0 Å². The Morgan fingerprint density at radius 1 is 1.48 bits per heavy atom. The maximum atomic E-state index is 11.9. The predicted octanol–water partition coefficient (Wildman–Crippen LogP) is 1.22. The van der Waals surface area contributed by atoms with Gasteiger partial charge in [0.2, 0.25) is 6.33 Å². The summed E-state index contributed by atoms with van der Waals surface area (Å²) < 4.78 is 6.09. The molecule has 0 spiro atoms. The quantitative estimate of drug-likeness (QED) is 0.762. The fourth-order valence-electron chi connectivity index (χ4n) is 3.84. The van der Waals surface area contributed by atoms with Gasteiger partial charge in [-0.3, -0.25) is 4.84 Å². The second-order valence-electron chi connectivity index (χ2n) is 6.62. The molecule has 1 aromatic rings. The molecule has 2 bridgehead atoms. The minimum atomic E-state index is -0.901. The summed E-state index contributed by atoms with van der Waals surface area (Å²) >= 11 is 0. The monoisotopic (exact) mass is 292 g/mol. The third-order valence-corrected chi connectivity index (χ3v) is 5.68. The number of carbonyl (C=O) groups excluding carboxylic acids is 1. The fraction of sp³-hybridized carbons (Fsp3) is 0.714. The van der Waals surface area contributed by atoms with Crippen LogP contribution in [0.4, 0.5) is 4.79 Å². The first-order chi connectivity index (χ1) is 9.84. The Bertz CT molecular complexity index is 627. The van der Waals surface area contributed by atoms with E-state index in [0.717, 1.165) is 19.2 Å². The third-order valence-electron chi connectivity index (χ3n) is 5.68. The molecule has 0 saturated heterocycles. The third kappa shape index (κ3) is 2.02. The highest BCUT2D eigenvalue weighted by molar-refractivity contribution is 5.60. The summed E-state index contributed by atoms with van der Waals surface area (Å²) in [4.78, 5) is 34.8. The van der Waals surface area contributed by atoms with E-state index >= 15 is 0 Å². The molecule has 113 valence electrons. The Morgan fingerprint density at radius 3 is 2.81 bits per heavy atom. The van der Waals surface area contributed by atoms with Gasteiger partial charge < -0.3 is 4.74 Å². The van der Waals surface area contributed by atoms with Crippen molar-refractivity contribution in [1.29, 1.82) is 0 Å². The van der Waals surface area contributed by atoms with Crippen LogP contribution >= 0.6 is 0 Å². The molecule has 7 nitrogen and oxygen atoms in total. The second-order valence-corrected chi connectivity index (χ2v) is 6.62. The molecule has 2 saturated carbocycles. The number of hydrogen-bond acceptors (Lipinski definition) is 6. The topological polar surface area (TPSA) is 83.3 Å². The molecule has 2 fully saturated rings. The summed E-state index contributed by atoms with van der Waals surface area (Å²) in [5.41, 5.74) is -0.677. The number of rotatable bonds is 2. The van der Waals surface area contributed by atoms with Crippen LogP contribution in [0, 0.1) is 23.1 Å². The molecule has 3 rings (SSSR count). The minimum Gasteiger partial charge on any atom is -0.429 e. The molecule has 0 N–H and O–H groups in total. The molecule has 7 heteroatoms. The Hall–Kier alpha value is -1.92. The van der Waals surface area contributed by atoms with Crippen LogP contribution in [0.3, 0.4) is 0 Å². The average Bonchev–Trinajstić information content (AvgIpc) is 2.74. The molecule has 2 aliphatic rings. The Morgan fingerprint density at radius 2 is 2.24 bits per heavy atom. The van der Waals surface area contributed by atoms with Crippen molar-refractivity contribution >= 4 is 6.16 Å². The summed E-state index contributed by atoms with van der Waals surface area (Å²) in [7, 11) is 0. The van der Waals surface area contributed by atoms with Crippen LogP contribution in [0.15, 0.2) is 11.1 Å². The maximum Gasteiger partial charge on any atom is 0.534 e. The summed E-state index contributed by atoms with van der Waals surface area (Å²) in [6.07, 6.45) is 5.10. The summed E-state index contributed by atoms with van der Waals surface area (Å²) in [6, 6.07) is 0. The molecule has 0 aliphatic heterocycles. The molecular weight excluding hydrogens is 274 g/mol. The number of fused-ring (bicyclic) bond motifs is 2. The van der Waals surface area contributed by atoms with Crippen molar-refractivity contribution in [2.75, 3.05) is 0 Å². The van der Waals surface area contributed by atoms with E-state index < -0.39 is 11.8 Å². The van der Waals surface area contributed by atoms with E-state index in [0.29, 0.717) is 10.6 Å². The molecule has 1 heterocycles. The van der Waals surface area contributed by atoms with Crippen LogP contribution in [0.1, 0.15) is 40.0 Å². The normalized spacial score (nSPS) is 32.9. The van der Waals surface area contributed by atoms with Gasteiger partial charge in [0.05, 0.1) is 0 Å². The predicted molar refractivity (Wildman–Crippen MR) is 71.2 cm³/mol. The van der Waals surface area contributed by atoms with Crippen molar-refractivity contribution in [1.82, 2.24) is 14.7 Å². The zero-order valence-electron chi connectivity index (χ0n) is 12.3. The molecule has 3 unspecified atom stereocenters. The van der Waals surface area contributed by atoms with Crippen LogP contribution in [0.25, 0.3) is 0 Å². The SMILES string of the molecule is CC1(C)C2CCC1(C)C(OC(=O)On1cn[c]nc1=O)C2. The second kappa shape index (κ2) is 4.54. The van der Waals surface area contributed by atoms with Crippen LogP contribution in [-0.2, 0) is 4.74 Å². The van der Waals surface area contributed by atoms with E-state index in [2.05, 4.69) is 37.1 Å². The molecular formula is C14H18N3O4. The molecule has 1 aromatic heterocycles. The molecule has 3 atom stereocenters. The van der Waals surface area contributed by atoms with Crippen LogP contribution < -0.4 is 10.5 Å². The lowest BCUT2D eigenvalue weighted by molar-refractivity contribution is -0.0422. The van der Waals surface area contributed by atoms with Crippen molar-refractivity contribution in [3.63, 3.8) is 0 Å². The Labute approximate surface area is 122 Å². The number of aromatic nitrogens is 3. The number of ether oxygens (including phenoxy) is 1. The van der Waals surface area contributed by atoms with Crippen molar-refractivity contribution in [3.8, 4) is 0 Å². The lowest BCUT2D eigenvalue weighted by Gasteiger charge is -2.38. The average molecular weight is 292 g/mol. The summed E-state index contributed by atoms with van der Waals surface area (Å²) in [5.74, 6) is 0.553. The lowest BCUT2D eigenvalue weighted by Crippen LogP contribution is -2.41. The van der Waals surface area contributed by atoms with Gasteiger partial charge >= 0.3 is 11.8 Å². The van der Waals surface area contributed by atoms with E-state index in [4.69, 9.17) is 9.57 Å². The van der Waals surface area contributed by atoms with E-state index in [-0.39, 0.29) is 16.9 Å². The van der Waals surface area contributed by atoms with Crippen molar-refractivity contribution in [2.45, 2.75) is 46.1 Å². The molecule has 1 radical (unpaired) electrons. The van der Waals surface area contributed by atoms with Crippen molar-refractivity contribution in [3.05, 3.63) is 23.1 Å². The first kappa shape index (κ1) is 14.0. The van der Waals surface area contributed by atoms with Gasteiger partial charge in [-0.2, -0.15) is 4.98 Å². The number of carbonyl (C=O) groups is 1. The van der Waals surface area contributed by atoms with Gasteiger partial charge in [0, 0.05) is 5.41 Å². The number of nitrogens with zero attached hydrogens (tertiary/aromatic N) is 3. The van der Waals surface area contributed by atoms with E-state index in [1.807, 2.05) is 0 Å². The van der Waals surface area contributed by atoms with Gasteiger partial charge in [0.15, 0.2) is 0 Å². The largest absolute Gasteiger partial charge is 0.534 e. The first-order valence-corrected chi connectivity index (χ1v) is 7.05. The fourth-order valence-corrected chi connectivity index (χ4v) is 3.84. The van der Waals surface area contributed by atoms with Gasteiger partial charge in [0.1, 0.15) is 12.4 Å². The van der Waals surface area contributed by atoms with E-state index in [9.17, 15) is 9.59 Å². The van der Waals surface area contributed by atoms with Gasteiger partial charge in [-0.25, -0.2) is 14.6 Å². The van der Waals surface area contributed by atoms with Gasteiger partial charge in [-0.15, -0.1) is 4.73 Å². The van der Waals surface area contributed by atoms with Crippen LogP contribution in [-0.4, -0.2) is 27.0 Å². The zero-order valence-corrected chi connectivity index (χ0v) is 12.3. The minimum absolute atomic E-state index is 0.0530. The van der Waals surface area contributed by atoms with Crippen molar-refractivity contribution < 1.29 is 14.4 Å². The molecule has 2 aliphatic carbocycles. The Kier molecular flexibility index (Phi) is 3.04. The number of hydrogen-bond donors (Lipinski definition) is 0. The summed E-state index contributed by atoms with van der Waals surface area (Å²) in [5, 5.41) is 0. The smallest absolute Gasteiger partial charge is 0.429 e. The highest BCUT2D eigenvalue weighted by atomic mass is 16.8. The Balaban J connectivity index is 1.70. The first-order valence-electron chi connectivity index (χ1n) is 7.05. The van der Waals surface area contributed by atoms with Gasteiger partial charge in [0.25, 0.3) is 0 Å². The van der Waals surface area contributed by atoms with Gasteiger partial charge in [-0.05, 0) is 30.6 Å². The highest BCUT2D eigenvalue weighted by Crippen LogP contribution is 2.66. The maximum absolute atomic E-state index is 11.9. The standard InChI is InChI=1S/C14H18N3O4/c1-13(2)9-4-5-14(13,3)10(6-9)20-12(19)21-17-8-15-7-16-11(17)18/h8-10H,4-6H2,1-3H3. The lowest BCUT2D eigenvalue weighted by atomic mass is 9.70. The molecule has 21 heavy (non-hydrogen) atoms. The van der Waals surface area contributed by atoms with Crippen LogP contribution in [0.2, 0.25) is 0 Å². The van der Waals surface area contributed by atoms with Gasteiger partial charge in [-0.1, -0.05) is 20.8 Å². The molecule has 0 amide bonds. The zero-order chi connectivity index (χ0) is 15.3. The molecule has 0 aromatic carbocycles.